The largest absolute Gasteiger partial charge is 0.492 e. The van der Waals surface area contributed by atoms with Crippen LogP contribution in [0.2, 0.25) is 5.02 Å². The van der Waals surface area contributed by atoms with Crippen LogP contribution < -0.4 is 15.4 Å². The van der Waals surface area contributed by atoms with Crippen LogP contribution in [-0.2, 0) is 16.6 Å². The van der Waals surface area contributed by atoms with Crippen molar-refractivity contribution in [1.29, 1.82) is 0 Å². The topological polar surface area (TPSA) is 73.9 Å². The van der Waals surface area contributed by atoms with E-state index < -0.39 is 5.41 Å². The van der Waals surface area contributed by atoms with Gasteiger partial charge in [-0.2, -0.15) is 0 Å². The number of nitrogens with zero attached hydrogens (tertiary/aromatic N) is 2. The van der Waals surface area contributed by atoms with E-state index in [0.29, 0.717) is 18.2 Å². The lowest BCUT2D eigenvalue weighted by Crippen LogP contribution is -2.47. The second kappa shape index (κ2) is 7.92. The molecule has 0 saturated carbocycles. The summed E-state index contributed by atoms with van der Waals surface area (Å²) in [7, 11) is 0. The number of nitrogens with one attached hydrogen (secondary N) is 2. The first-order valence-electron chi connectivity index (χ1n) is 11.7. The minimum atomic E-state index is -0.458. The fourth-order valence-electron chi connectivity index (χ4n) is 5.86. The van der Waals surface area contributed by atoms with Gasteiger partial charge in [0.2, 0.25) is 5.91 Å². The van der Waals surface area contributed by atoms with E-state index in [1.54, 1.807) is 0 Å². The number of benzene rings is 2. The van der Waals surface area contributed by atoms with E-state index in [9.17, 15) is 9.59 Å². The number of piperidine rings is 1. The second-order valence-electron chi connectivity index (χ2n) is 9.42. The molecule has 2 aromatic carbocycles. The quantitative estimate of drug-likeness (QED) is 0.725. The van der Waals surface area contributed by atoms with Gasteiger partial charge < -0.3 is 20.3 Å². The van der Waals surface area contributed by atoms with Crippen molar-refractivity contribution in [2.24, 2.45) is 0 Å². The Kier molecular flexibility index (Phi) is 4.99. The molecule has 4 aliphatic heterocycles. The van der Waals surface area contributed by atoms with Crippen LogP contribution in [0, 0.1) is 0 Å². The number of carbonyl (C=O) groups excluding carboxylic acids is 2. The number of likely N-dealkylation sites (tertiary alicyclic amines) is 1. The van der Waals surface area contributed by atoms with Crippen LogP contribution in [0.5, 0.6) is 5.75 Å². The number of anilines is 1. The molecular formula is C25H27ClN4O3. The van der Waals surface area contributed by atoms with E-state index in [1.807, 2.05) is 29.2 Å². The van der Waals surface area contributed by atoms with Crippen LogP contribution >= 0.6 is 11.6 Å². The summed E-state index contributed by atoms with van der Waals surface area (Å²) in [6, 6.07) is 12.1. The van der Waals surface area contributed by atoms with Crippen molar-refractivity contribution >= 4 is 29.2 Å². The minimum absolute atomic E-state index is 0.0379. The highest BCUT2D eigenvalue weighted by Crippen LogP contribution is 2.45. The first-order valence-corrected chi connectivity index (χ1v) is 12.1. The van der Waals surface area contributed by atoms with Crippen molar-refractivity contribution in [3.8, 4) is 5.75 Å². The number of hydrogen-bond acceptors (Lipinski definition) is 4. The molecule has 4 heterocycles. The zero-order chi connectivity index (χ0) is 22.6. The molecule has 1 spiro atoms. The molecule has 0 aliphatic carbocycles. The van der Waals surface area contributed by atoms with Gasteiger partial charge in [-0.25, -0.2) is 4.79 Å². The number of amides is 3. The average molecular weight is 467 g/mol. The molecule has 1 unspecified atom stereocenters. The van der Waals surface area contributed by atoms with Gasteiger partial charge in [-0.3, -0.25) is 9.69 Å². The lowest BCUT2D eigenvalue weighted by atomic mass is 9.73. The predicted octanol–water partition coefficient (Wildman–Crippen LogP) is 3.33. The monoisotopic (exact) mass is 466 g/mol. The molecule has 0 bridgehead atoms. The van der Waals surface area contributed by atoms with Gasteiger partial charge >= 0.3 is 6.03 Å². The maximum Gasteiger partial charge on any atom is 0.318 e. The number of ether oxygens (including phenoxy) is 1. The molecule has 4 aliphatic rings. The Morgan fingerprint density at radius 1 is 1.09 bits per heavy atom. The van der Waals surface area contributed by atoms with Crippen molar-refractivity contribution in [3.05, 3.63) is 58.1 Å². The summed E-state index contributed by atoms with van der Waals surface area (Å²) in [5.41, 5.74) is 3.98. The Morgan fingerprint density at radius 2 is 1.94 bits per heavy atom. The van der Waals surface area contributed by atoms with E-state index in [4.69, 9.17) is 16.3 Å². The highest BCUT2D eigenvalue weighted by Gasteiger charge is 2.48. The highest BCUT2D eigenvalue weighted by molar-refractivity contribution is 6.31. The highest BCUT2D eigenvalue weighted by atomic mass is 35.5. The molecule has 7 nitrogen and oxygen atoms in total. The van der Waals surface area contributed by atoms with E-state index >= 15 is 0 Å². The van der Waals surface area contributed by atoms with Gasteiger partial charge in [0, 0.05) is 30.3 Å². The Balaban J connectivity index is 1.05. The van der Waals surface area contributed by atoms with Gasteiger partial charge in [0.05, 0.1) is 11.5 Å². The van der Waals surface area contributed by atoms with E-state index in [1.165, 1.54) is 11.1 Å². The Bertz CT molecular complexity index is 1130. The molecule has 3 amide bonds. The van der Waals surface area contributed by atoms with Crippen LogP contribution in [0.1, 0.15) is 35.6 Å². The van der Waals surface area contributed by atoms with Gasteiger partial charge in [0.15, 0.2) is 0 Å². The molecule has 2 aromatic rings. The molecule has 0 radical (unpaired) electrons. The Hall–Kier alpha value is -2.77. The Morgan fingerprint density at radius 3 is 2.79 bits per heavy atom. The summed E-state index contributed by atoms with van der Waals surface area (Å²) < 4.78 is 6.08. The summed E-state index contributed by atoms with van der Waals surface area (Å²) >= 11 is 6.22. The molecule has 6 rings (SSSR count). The van der Waals surface area contributed by atoms with Crippen LogP contribution in [-0.4, -0.2) is 61.1 Å². The summed E-state index contributed by atoms with van der Waals surface area (Å²) in [5.74, 6) is 0.981. The van der Waals surface area contributed by atoms with Crippen LogP contribution in [0.4, 0.5) is 10.5 Å². The van der Waals surface area contributed by atoms with Crippen molar-refractivity contribution in [3.63, 3.8) is 0 Å². The molecule has 172 valence electrons. The van der Waals surface area contributed by atoms with Crippen LogP contribution in [0.15, 0.2) is 36.4 Å². The SMILES string of the molecule is O=C1NCC2c3ccc(OCCN4CCC5(CC4)C(=O)Nc4ccc(Cl)cc45)cc3CCN12. The first kappa shape index (κ1) is 20.8. The van der Waals surface area contributed by atoms with Gasteiger partial charge in [0.25, 0.3) is 0 Å². The number of urea groups is 1. The van der Waals surface area contributed by atoms with Gasteiger partial charge in [-0.1, -0.05) is 17.7 Å². The van der Waals surface area contributed by atoms with Gasteiger partial charge in [0.1, 0.15) is 12.4 Å². The molecule has 1 atom stereocenters. The lowest BCUT2D eigenvalue weighted by molar-refractivity contribution is -0.122. The zero-order valence-electron chi connectivity index (χ0n) is 18.4. The summed E-state index contributed by atoms with van der Waals surface area (Å²) in [4.78, 5) is 29.0. The average Bonchev–Trinajstić information content (AvgIpc) is 3.33. The standard InChI is InChI=1S/C25H27ClN4O3/c26-17-1-4-21-20(14-17)25(23(31)28-21)6-9-29(10-7-25)11-12-33-18-2-3-19-16(13-18)5-8-30-22(19)15-27-24(30)32/h1-4,13-14,22H,5-12,15H2,(H,27,32)(H,28,31). The van der Waals surface area contributed by atoms with Crippen molar-refractivity contribution in [1.82, 2.24) is 15.1 Å². The third kappa shape index (κ3) is 3.45. The molecular weight excluding hydrogens is 440 g/mol. The molecule has 2 saturated heterocycles. The van der Waals surface area contributed by atoms with Gasteiger partial charge in [-0.05, 0) is 79.4 Å². The van der Waals surface area contributed by atoms with Crippen molar-refractivity contribution < 1.29 is 14.3 Å². The zero-order valence-corrected chi connectivity index (χ0v) is 19.2. The third-order valence-corrected chi connectivity index (χ3v) is 7.98. The molecule has 2 N–H and O–H groups in total. The second-order valence-corrected chi connectivity index (χ2v) is 9.86. The Labute approximate surface area is 198 Å². The minimum Gasteiger partial charge on any atom is -0.492 e. The fraction of sp³-hybridized carbons (Fsp3) is 0.440. The van der Waals surface area contributed by atoms with Crippen molar-refractivity contribution in [2.45, 2.75) is 30.7 Å². The van der Waals surface area contributed by atoms with Crippen LogP contribution in [0.25, 0.3) is 0 Å². The number of hydrogen-bond donors (Lipinski definition) is 2. The summed E-state index contributed by atoms with van der Waals surface area (Å²) in [6.07, 6.45) is 2.43. The van der Waals surface area contributed by atoms with E-state index in [-0.39, 0.29) is 18.0 Å². The summed E-state index contributed by atoms with van der Waals surface area (Å²) in [5, 5.41) is 6.65. The lowest BCUT2D eigenvalue weighted by Gasteiger charge is -2.38. The van der Waals surface area contributed by atoms with E-state index in [0.717, 1.165) is 62.4 Å². The van der Waals surface area contributed by atoms with E-state index in [2.05, 4.69) is 27.7 Å². The molecule has 33 heavy (non-hydrogen) atoms. The third-order valence-electron chi connectivity index (χ3n) is 7.75. The number of halogens is 1. The fourth-order valence-corrected chi connectivity index (χ4v) is 6.03. The smallest absolute Gasteiger partial charge is 0.318 e. The molecule has 2 fully saturated rings. The number of carbonyl (C=O) groups is 2. The molecule has 0 aromatic heterocycles. The maximum atomic E-state index is 12.8. The predicted molar refractivity (Wildman–Crippen MR) is 126 cm³/mol. The maximum absolute atomic E-state index is 12.8. The van der Waals surface area contributed by atoms with Gasteiger partial charge in [-0.15, -0.1) is 0 Å². The molecule has 8 heteroatoms. The first-order chi connectivity index (χ1) is 16.0. The summed E-state index contributed by atoms with van der Waals surface area (Å²) in [6.45, 7) is 4.57. The number of fused-ring (bicyclic) bond motifs is 5. The number of rotatable bonds is 4. The van der Waals surface area contributed by atoms with Crippen molar-refractivity contribution in [2.75, 3.05) is 44.6 Å². The normalized spacial score (nSPS) is 23.1. The van der Waals surface area contributed by atoms with Crippen LogP contribution in [0.3, 0.4) is 0 Å².